The van der Waals surface area contributed by atoms with Crippen molar-refractivity contribution < 1.29 is 4.79 Å². The van der Waals surface area contributed by atoms with Crippen LogP contribution < -0.4 is 0 Å². The van der Waals surface area contributed by atoms with Gasteiger partial charge in [0.1, 0.15) is 5.94 Å². The van der Waals surface area contributed by atoms with Crippen molar-refractivity contribution in [3.63, 3.8) is 0 Å². The van der Waals surface area contributed by atoms with E-state index in [1.165, 1.54) is 0 Å². The molecule has 1 heteroatoms. The number of carbonyl (C=O) groups excluding carboxylic acids is 1. The zero-order chi connectivity index (χ0) is 7.11. The molecule has 0 aromatic heterocycles. The second kappa shape index (κ2) is 5.58. The third-order valence-corrected chi connectivity index (χ3v) is 1.15. The molecule has 0 unspecified atom stereocenters. The molecule has 0 spiro atoms. The van der Waals surface area contributed by atoms with Crippen LogP contribution in [0.15, 0.2) is 5.57 Å². The molecule has 0 N–H and O–H groups in total. The quantitative estimate of drug-likeness (QED) is 0.526. The predicted molar refractivity (Wildman–Crippen MR) is 38.7 cm³/mol. The van der Waals surface area contributed by atoms with Gasteiger partial charge in [0, 0.05) is 5.57 Å². The molecule has 51 valence electrons. The summed E-state index contributed by atoms with van der Waals surface area (Å²) in [6, 6.07) is 0. The fourth-order valence-electron chi connectivity index (χ4n) is 0.743. The van der Waals surface area contributed by atoms with Crippen LogP contribution in [0.2, 0.25) is 0 Å². The molecule has 0 atom stereocenters. The normalized spacial score (nSPS) is 8.67. The van der Waals surface area contributed by atoms with E-state index in [0.29, 0.717) is 0 Å². The number of hydrogen-bond acceptors (Lipinski definition) is 1. The third-order valence-electron chi connectivity index (χ3n) is 1.15. The first-order valence-corrected chi connectivity index (χ1v) is 3.35. The first kappa shape index (κ1) is 8.45. The van der Waals surface area contributed by atoms with Crippen molar-refractivity contribution in [3.8, 4) is 0 Å². The fourth-order valence-corrected chi connectivity index (χ4v) is 0.743. The van der Waals surface area contributed by atoms with Crippen molar-refractivity contribution >= 4 is 5.94 Å². The van der Waals surface area contributed by atoms with E-state index in [0.717, 1.165) is 24.8 Å². The van der Waals surface area contributed by atoms with Gasteiger partial charge in [0.05, 0.1) is 0 Å². The zero-order valence-electron chi connectivity index (χ0n) is 6.11. The van der Waals surface area contributed by atoms with Crippen LogP contribution in [0.25, 0.3) is 0 Å². The molecule has 1 nitrogen and oxygen atoms in total. The SMILES string of the molecule is C[CH]CC(=C=O)CCC. The Labute approximate surface area is 56.8 Å². The van der Waals surface area contributed by atoms with Gasteiger partial charge in [-0.1, -0.05) is 20.3 Å². The van der Waals surface area contributed by atoms with Gasteiger partial charge in [-0.25, -0.2) is 4.79 Å². The van der Waals surface area contributed by atoms with Crippen molar-refractivity contribution in [2.24, 2.45) is 0 Å². The Morgan fingerprint density at radius 1 is 1.67 bits per heavy atom. The van der Waals surface area contributed by atoms with Gasteiger partial charge in [0.25, 0.3) is 0 Å². The molecule has 0 saturated carbocycles. The standard InChI is InChI=1S/C8H13O/c1-3-5-8(7-9)6-4-2/h3H,4-6H2,1-2H3. The lowest BCUT2D eigenvalue weighted by Crippen LogP contribution is -1.82. The van der Waals surface area contributed by atoms with E-state index in [-0.39, 0.29) is 0 Å². The third kappa shape index (κ3) is 3.99. The summed E-state index contributed by atoms with van der Waals surface area (Å²) in [7, 11) is 0. The summed E-state index contributed by atoms with van der Waals surface area (Å²) < 4.78 is 0. The maximum Gasteiger partial charge on any atom is 0.123 e. The summed E-state index contributed by atoms with van der Waals surface area (Å²) in [5.41, 5.74) is 0.889. The largest absolute Gasteiger partial charge is 0.234 e. The Morgan fingerprint density at radius 3 is 2.67 bits per heavy atom. The van der Waals surface area contributed by atoms with E-state index in [4.69, 9.17) is 0 Å². The Morgan fingerprint density at radius 2 is 2.33 bits per heavy atom. The monoisotopic (exact) mass is 125 g/mol. The van der Waals surface area contributed by atoms with Crippen molar-refractivity contribution in [3.05, 3.63) is 12.0 Å². The summed E-state index contributed by atoms with van der Waals surface area (Å²) in [4.78, 5) is 10.1. The highest BCUT2D eigenvalue weighted by Gasteiger charge is 1.93. The van der Waals surface area contributed by atoms with Gasteiger partial charge in [0.2, 0.25) is 0 Å². The molecular weight excluding hydrogens is 112 g/mol. The van der Waals surface area contributed by atoms with Gasteiger partial charge in [-0.15, -0.1) is 0 Å². The van der Waals surface area contributed by atoms with Gasteiger partial charge in [0.15, 0.2) is 0 Å². The van der Waals surface area contributed by atoms with Crippen molar-refractivity contribution in [2.45, 2.75) is 33.1 Å². The van der Waals surface area contributed by atoms with E-state index in [2.05, 4.69) is 6.92 Å². The Balaban J connectivity index is 3.57. The molecule has 0 aliphatic carbocycles. The number of hydrogen-bond donors (Lipinski definition) is 0. The Hall–Kier alpha value is -0.550. The highest BCUT2D eigenvalue weighted by molar-refractivity contribution is 5.52. The van der Waals surface area contributed by atoms with E-state index < -0.39 is 0 Å². The minimum absolute atomic E-state index is 0.803. The molecule has 1 radical (unpaired) electrons. The van der Waals surface area contributed by atoms with Crippen molar-refractivity contribution in [1.82, 2.24) is 0 Å². The average Bonchev–Trinajstić information content (AvgIpc) is 1.88. The molecule has 0 aliphatic rings. The Bertz CT molecular complexity index is 102. The predicted octanol–water partition coefficient (Wildman–Crippen LogP) is 2.16. The second-order valence-electron chi connectivity index (χ2n) is 2.07. The summed E-state index contributed by atoms with van der Waals surface area (Å²) in [5, 5.41) is 0. The molecule has 0 rings (SSSR count). The average molecular weight is 125 g/mol. The van der Waals surface area contributed by atoms with Crippen LogP contribution in [-0.2, 0) is 4.79 Å². The highest BCUT2D eigenvalue weighted by Crippen LogP contribution is 2.06. The van der Waals surface area contributed by atoms with Gasteiger partial charge < -0.3 is 0 Å². The molecule has 0 amide bonds. The minimum atomic E-state index is 0.803. The van der Waals surface area contributed by atoms with Gasteiger partial charge >= 0.3 is 0 Å². The molecule has 0 aromatic rings. The lowest BCUT2D eigenvalue weighted by molar-refractivity contribution is 0.565. The highest BCUT2D eigenvalue weighted by atomic mass is 16.1. The first-order chi connectivity index (χ1) is 4.35. The van der Waals surface area contributed by atoms with Crippen molar-refractivity contribution in [1.29, 1.82) is 0 Å². The fraction of sp³-hybridized carbons (Fsp3) is 0.625. The smallest absolute Gasteiger partial charge is 0.123 e. The summed E-state index contributed by atoms with van der Waals surface area (Å²) in [6.45, 7) is 4.01. The number of allylic oxidation sites excluding steroid dienone is 1. The van der Waals surface area contributed by atoms with E-state index >= 15 is 0 Å². The van der Waals surface area contributed by atoms with Crippen LogP contribution in [0.4, 0.5) is 0 Å². The summed E-state index contributed by atoms with van der Waals surface area (Å²) >= 11 is 0. The molecule has 0 saturated heterocycles. The molecule has 9 heavy (non-hydrogen) atoms. The molecular formula is C8H13O. The maximum atomic E-state index is 10.1. The molecule has 0 fully saturated rings. The minimum Gasteiger partial charge on any atom is -0.234 e. The van der Waals surface area contributed by atoms with Gasteiger partial charge in [-0.2, -0.15) is 0 Å². The van der Waals surface area contributed by atoms with Crippen molar-refractivity contribution in [2.75, 3.05) is 0 Å². The van der Waals surface area contributed by atoms with Crippen LogP contribution >= 0.6 is 0 Å². The maximum absolute atomic E-state index is 10.1. The van der Waals surface area contributed by atoms with E-state index in [1.54, 1.807) is 0 Å². The van der Waals surface area contributed by atoms with E-state index in [1.807, 2.05) is 19.3 Å². The van der Waals surface area contributed by atoms with E-state index in [9.17, 15) is 4.79 Å². The lowest BCUT2D eigenvalue weighted by Gasteiger charge is -1.94. The second-order valence-corrected chi connectivity index (χ2v) is 2.07. The zero-order valence-corrected chi connectivity index (χ0v) is 6.11. The molecule has 0 aromatic carbocycles. The lowest BCUT2D eigenvalue weighted by atomic mass is 10.1. The van der Waals surface area contributed by atoms with Crippen LogP contribution in [0.3, 0.4) is 0 Å². The summed E-state index contributed by atoms with van der Waals surface area (Å²) in [6.07, 6.45) is 4.72. The van der Waals surface area contributed by atoms with Gasteiger partial charge in [-0.3, -0.25) is 0 Å². The van der Waals surface area contributed by atoms with Crippen LogP contribution in [0, 0.1) is 6.42 Å². The van der Waals surface area contributed by atoms with Crippen LogP contribution in [0.1, 0.15) is 33.1 Å². The van der Waals surface area contributed by atoms with Crippen LogP contribution in [0.5, 0.6) is 0 Å². The summed E-state index contributed by atoms with van der Waals surface area (Å²) in [5.74, 6) is 1.94. The van der Waals surface area contributed by atoms with Crippen LogP contribution in [-0.4, -0.2) is 5.94 Å². The topological polar surface area (TPSA) is 17.1 Å². The molecule has 0 aliphatic heterocycles. The molecule has 0 bridgehead atoms. The number of rotatable bonds is 4. The van der Waals surface area contributed by atoms with Gasteiger partial charge in [-0.05, 0) is 19.3 Å². The Kier molecular flexibility index (Phi) is 5.24. The first-order valence-electron chi connectivity index (χ1n) is 3.35. The molecule has 0 heterocycles.